The van der Waals surface area contributed by atoms with Crippen LogP contribution in [0.5, 0.6) is 11.5 Å². The highest BCUT2D eigenvalue weighted by atomic mass is 32.2. The lowest BCUT2D eigenvalue weighted by Gasteiger charge is -2.49. The summed E-state index contributed by atoms with van der Waals surface area (Å²) in [5.41, 5.74) is 5.12. The second-order valence-corrected chi connectivity index (χ2v) is 16.0. The molecule has 0 atom stereocenters. The minimum Gasteiger partial charge on any atom is -0.490 e. The predicted octanol–water partition coefficient (Wildman–Crippen LogP) is 7.99. The first-order valence-corrected chi connectivity index (χ1v) is 17.7. The molecule has 0 radical (unpaired) electrons. The van der Waals surface area contributed by atoms with Crippen LogP contribution in [0.15, 0.2) is 76.5 Å². The average Bonchev–Trinajstić information content (AvgIpc) is 2.94. The molecule has 0 unspecified atom stereocenters. The molecule has 0 saturated heterocycles. The SMILES string of the molecule is C=CCc1cc(C2C3=C(CC(C)(C)CC3=O)N(CCC)C3=C2C(=O)CC(C)(C)C3)cc(OCC)c1OS(=O)(=O)c1ccc(C)cc1. The molecule has 0 fully saturated rings. The molecule has 5 rings (SSSR count). The topological polar surface area (TPSA) is 90.0 Å². The summed E-state index contributed by atoms with van der Waals surface area (Å²) in [7, 11) is -4.19. The number of Topliss-reactive ketones (excluding diaryl/α,β-unsaturated/α-hetero) is 2. The summed E-state index contributed by atoms with van der Waals surface area (Å²) in [6.07, 6.45) is 5.08. The molecule has 1 heterocycles. The number of carbonyl (C=O) groups excluding carboxylic acids is 2. The molecule has 0 N–H and O–H groups in total. The molecule has 1 aliphatic heterocycles. The highest BCUT2D eigenvalue weighted by molar-refractivity contribution is 7.87. The number of nitrogens with zero attached hydrogens (tertiary/aromatic N) is 1. The van der Waals surface area contributed by atoms with E-state index in [1.165, 1.54) is 12.1 Å². The van der Waals surface area contributed by atoms with Crippen molar-refractivity contribution in [2.75, 3.05) is 13.2 Å². The van der Waals surface area contributed by atoms with Gasteiger partial charge >= 0.3 is 10.1 Å². The van der Waals surface area contributed by atoms with Gasteiger partial charge in [0.15, 0.2) is 23.1 Å². The third-order valence-corrected chi connectivity index (χ3v) is 10.4. The number of hydrogen-bond donors (Lipinski definition) is 0. The van der Waals surface area contributed by atoms with E-state index in [1.54, 1.807) is 24.3 Å². The summed E-state index contributed by atoms with van der Waals surface area (Å²) < 4.78 is 38.9. The summed E-state index contributed by atoms with van der Waals surface area (Å²) in [6, 6.07) is 10.1. The highest BCUT2D eigenvalue weighted by Gasteiger charge is 2.49. The van der Waals surface area contributed by atoms with Crippen molar-refractivity contribution in [3.63, 3.8) is 0 Å². The van der Waals surface area contributed by atoms with Crippen molar-refractivity contribution in [1.82, 2.24) is 4.90 Å². The van der Waals surface area contributed by atoms with Crippen molar-refractivity contribution in [1.29, 1.82) is 0 Å². The Balaban J connectivity index is 1.75. The van der Waals surface area contributed by atoms with Gasteiger partial charge in [-0.1, -0.05) is 64.5 Å². The fraction of sp³-hybridized carbons (Fsp3) is 0.474. The maximum atomic E-state index is 14.2. The zero-order chi connectivity index (χ0) is 33.6. The summed E-state index contributed by atoms with van der Waals surface area (Å²) in [6.45, 7) is 19.2. The Morgan fingerprint density at radius 3 is 1.98 bits per heavy atom. The monoisotopic (exact) mass is 645 g/mol. The van der Waals surface area contributed by atoms with Gasteiger partial charge in [0.25, 0.3) is 0 Å². The van der Waals surface area contributed by atoms with Crippen LogP contribution < -0.4 is 8.92 Å². The van der Waals surface area contributed by atoms with Gasteiger partial charge in [0.1, 0.15) is 4.90 Å². The molecule has 2 aromatic carbocycles. The van der Waals surface area contributed by atoms with E-state index in [0.717, 1.165) is 48.3 Å². The Morgan fingerprint density at radius 1 is 0.913 bits per heavy atom. The normalized spacial score (nSPS) is 19.6. The number of allylic oxidation sites excluding steroid dienone is 5. The molecule has 0 saturated carbocycles. The second kappa shape index (κ2) is 12.5. The number of benzene rings is 2. The Morgan fingerprint density at radius 2 is 1.48 bits per heavy atom. The van der Waals surface area contributed by atoms with Gasteiger partial charge in [-0.05, 0) is 74.1 Å². The third kappa shape index (κ3) is 6.46. The molecule has 0 amide bonds. The van der Waals surface area contributed by atoms with E-state index in [-0.39, 0.29) is 45.4 Å². The van der Waals surface area contributed by atoms with Crippen LogP contribution in [0.1, 0.15) is 96.3 Å². The number of ketones is 2. The Labute approximate surface area is 274 Å². The van der Waals surface area contributed by atoms with Crippen LogP contribution in [0.2, 0.25) is 0 Å². The predicted molar refractivity (Wildman–Crippen MR) is 180 cm³/mol. The minimum atomic E-state index is -4.19. The van der Waals surface area contributed by atoms with Crippen molar-refractivity contribution in [3.05, 3.63) is 88.3 Å². The van der Waals surface area contributed by atoms with Crippen LogP contribution in [-0.2, 0) is 26.1 Å². The lowest BCUT2D eigenvalue weighted by atomic mass is 9.63. The van der Waals surface area contributed by atoms with E-state index >= 15 is 0 Å². The Bertz CT molecular complexity index is 1690. The molecule has 2 aliphatic carbocycles. The van der Waals surface area contributed by atoms with E-state index in [0.29, 0.717) is 36.0 Å². The van der Waals surface area contributed by atoms with Crippen LogP contribution in [0, 0.1) is 17.8 Å². The first kappa shape index (κ1) is 33.7. The minimum absolute atomic E-state index is 0.0351. The molecule has 3 aliphatic rings. The van der Waals surface area contributed by atoms with E-state index < -0.39 is 16.0 Å². The lowest BCUT2D eigenvalue weighted by molar-refractivity contribution is -0.119. The van der Waals surface area contributed by atoms with Gasteiger partial charge in [-0.3, -0.25) is 9.59 Å². The molecule has 2 aromatic rings. The molecular formula is C38H47NO6S. The quantitative estimate of drug-likeness (QED) is 0.191. The largest absolute Gasteiger partial charge is 0.490 e. The van der Waals surface area contributed by atoms with Crippen LogP contribution in [-0.4, -0.2) is 38.0 Å². The maximum Gasteiger partial charge on any atom is 0.339 e. The van der Waals surface area contributed by atoms with Gasteiger partial charge in [0, 0.05) is 53.4 Å². The standard InChI is InChI=1S/C38H47NO6S/c1-9-12-25-18-26(19-32(44-11-3)36(25)45-46(42,43)27-15-13-24(4)14-16-27)33-34-28(20-37(5,6)22-30(34)40)39(17-10-2)29-21-38(7,8)23-31(41)35(29)33/h9,13-16,18-19,33H,1,10-12,17,20-23H2,2-8H3. The fourth-order valence-corrected chi connectivity index (χ4v) is 8.23. The Kier molecular flexibility index (Phi) is 9.17. The van der Waals surface area contributed by atoms with Crippen molar-refractivity contribution in [3.8, 4) is 11.5 Å². The van der Waals surface area contributed by atoms with E-state index in [4.69, 9.17) is 8.92 Å². The summed E-state index contributed by atoms with van der Waals surface area (Å²) in [4.78, 5) is 30.7. The number of hydrogen-bond acceptors (Lipinski definition) is 7. The first-order valence-electron chi connectivity index (χ1n) is 16.3. The van der Waals surface area contributed by atoms with E-state index in [2.05, 4.69) is 46.1 Å². The molecule has 0 aromatic heterocycles. The van der Waals surface area contributed by atoms with Crippen LogP contribution in [0.4, 0.5) is 0 Å². The van der Waals surface area contributed by atoms with Crippen molar-refractivity contribution in [2.24, 2.45) is 10.8 Å². The van der Waals surface area contributed by atoms with Gasteiger partial charge in [-0.2, -0.15) is 8.42 Å². The molecule has 246 valence electrons. The molecule has 8 heteroatoms. The first-order chi connectivity index (χ1) is 21.6. The fourth-order valence-electron chi connectivity index (χ4n) is 7.25. The Hall–Kier alpha value is -3.65. The summed E-state index contributed by atoms with van der Waals surface area (Å²) in [5.74, 6) is -0.153. The molecular weight excluding hydrogens is 598 g/mol. The molecule has 7 nitrogen and oxygen atoms in total. The van der Waals surface area contributed by atoms with Gasteiger partial charge in [-0.25, -0.2) is 0 Å². The van der Waals surface area contributed by atoms with E-state index in [9.17, 15) is 18.0 Å². The van der Waals surface area contributed by atoms with Crippen molar-refractivity contribution in [2.45, 2.75) is 97.8 Å². The van der Waals surface area contributed by atoms with Crippen molar-refractivity contribution >= 4 is 21.7 Å². The third-order valence-electron chi connectivity index (χ3n) is 9.12. The average molecular weight is 646 g/mol. The lowest BCUT2D eigenvalue weighted by Crippen LogP contribution is -2.44. The smallest absolute Gasteiger partial charge is 0.339 e. The van der Waals surface area contributed by atoms with Crippen LogP contribution >= 0.6 is 0 Å². The number of aryl methyl sites for hydroxylation is 1. The highest BCUT2D eigenvalue weighted by Crippen LogP contribution is 2.55. The van der Waals surface area contributed by atoms with Gasteiger partial charge in [0.05, 0.1) is 6.61 Å². The van der Waals surface area contributed by atoms with E-state index in [1.807, 2.05) is 19.9 Å². The number of ether oxygens (including phenoxy) is 1. The molecule has 0 bridgehead atoms. The second-order valence-electron chi connectivity index (χ2n) is 14.5. The van der Waals surface area contributed by atoms with Crippen LogP contribution in [0.25, 0.3) is 0 Å². The summed E-state index contributed by atoms with van der Waals surface area (Å²) in [5, 5.41) is 0. The van der Waals surface area contributed by atoms with Gasteiger partial charge in [0.2, 0.25) is 0 Å². The molecule has 46 heavy (non-hydrogen) atoms. The van der Waals surface area contributed by atoms with Crippen LogP contribution in [0.3, 0.4) is 0 Å². The maximum absolute atomic E-state index is 14.2. The summed E-state index contributed by atoms with van der Waals surface area (Å²) >= 11 is 0. The zero-order valence-corrected chi connectivity index (χ0v) is 29.1. The van der Waals surface area contributed by atoms with Gasteiger partial charge in [-0.15, -0.1) is 6.58 Å². The van der Waals surface area contributed by atoms with Crippen molar-refractivity contribution < 1.29 is 26.9 Å². The number of rotatable bonds is 10. The van der Waals surface area contributed by atoms with Gasteiger partial charge < -0.3 is 13.8 Å². The zero-order valence-electron chi connectivity index (χ0n) is 28.3. The molecule has 0 spiro atoms. The number of carbonyl (C=O) groups is 2.